The van der Waals surface area contributed by atoms with Crippen LogP contribution in [0, 0.1) is 5.92 Å². The van der Waals surface area contributed by atoms with E-state index in [9.17, 15) is 14.4 Å². The molecule has 21 heavy (non-hydrogen) atoms. The number of hydrogen-bond acceptors (Lipinski definition) is 4. The summed E-state index contributed by atoms with van der Waals surface area (Å²) in [5.41, 5.74) is 0. The van der Waals surface area contributed by atoms with Gasteiger partial charge in [-0.15, -0.1) is 0 Å². The van der Waals surface area contributed by atoms with Crippen molar-refractivity contribution in [3.63, 3.8) is 0 Å². The molecular weight excluding hydrogens is 276 g/mol. The van der Waals surface area contributed by atoms with Gasteiger partial charge < -0.3 is 20.1 Å². The number of hydrogen-bond donors (Lipinski definition) is 2. The Labute approximate surface area is 125 Å². The van der Waals surface area contributed by atoms with E-state index in [1.54, 1.807) is 6.92 Å². The predicted octanol–water partition coefficient (Wildman–Crippen LogP) is 1.47. The Bertz CT molecular complexity index is 346. The number of amides is 2. The van der Waals surface area contributed by atoms with Crippen LogP contribution in [0.1, 0.15) is 40.0 Å². The SMILES string of the molecule is CCCN(CC(=O)OCC)C(=O)NCC(CC)CC(=O)O. The topological polar surface area (TPSA) is 95.9 Å². The molecule has 0 aromatic carbocycles. The molecule has 7 nitrogen and oxygen atoms in total. The number of urea groups is 1. The number of carbonyl (C=O) groups excluding carboxylic acids is 2. The van der Waals surface area contributed by atoms with E-state index in [1.165, 1.54) is 4.90 Å². The zero-order valence-corrected chi connectivity index (χ0v) is 13.1. The molecule has 1 atom stereocenters. The Morgan fingerprint density at radius 1 is 1.24 bits per heavy atom. The van der Waals surface area contributed by atoms with Crippen LogP contribution in [0.5, 0.6) is 0 Å². The summed E-state index contributed by atoms with van der Waals surface area (Å²) in [4.78, 5) is 35.6. The van der Waals surface area contributed by atoms with Crippen LogP contribution in [0.25, 0.3) is 0 Å². The van der Waals surface area contributed by atoms with Crippen LogP contribution in [-0.4, -0.2) is 54.2 Å². The number of nitrogens with zero attached hydrogens (tertiary/aromatic N) is 1. The number of esters is 1. The van der Waals surface area contributed by atoms with E-state index in [2.05, 4.69) is 5.32 Å². The quantitative estimate of drug-likeness (QED) is 0.596. The number of nitrogens with one attached hydrogen (secondary N) is 1. The minimum Gasteiger partial charge on any atom is -0.481 e. The summed E-state index contributed by atoms with van der Waals surface area (Å²) in [5, 5.41) is 11.5. The van der Waals surface area contributed by atoms with Gasteiger partial charge in [0, 0.05) is 19.5 Å². The van der Waals surface area contributed by atoms with Gasteiger partial charge in [0.1, 0.15) is 6.54 Å². The first-order valence-electron chi connectivity index (χ1n) is 7.34. The van der Waals surface area contributed by atoms with Gasteiger partial charge in [-0.05, 0) is 19.3 Å². The van der Waals surface area contributed by atoms with Crippen molar-refractivity contribution in [1.29, 1.82) is 0 Å². The first kappa shape index (κ1) is 19.2. The van der Waals surface area contributed by atoms with Crippen LogP contribution in [0.15, 0.2) is 0 Å². The molecule has 0 bridgehead atoms. The van der Waals surface area contributed by atoms with Crippen molar-refractivity contribution in [1.82, 2.24) is 10.2 Å². The lowest BCUT2D eigenvalue weighted by Crippen LogP contribution is -2.45. The summed E-state index contributed by atoms with van der Waals surface area (Å²) in [5.74, 6) is -1.44. The number of rotatable bonds is 10. The Kier molecular flexibility index (Phi) is 10.0. The molecule has 0 aliphatic carbocycles. The monoisotopic (exact) mass is 302 g/mol. The van der Waals surface area contributed by atoms with Crippen molar-refractivity contribution in [2.75, 3.05) is 26.2 Å². The Morgan fingerprint density at radius 2 is 1.90 bits per heavy atom. The van der Waals surface area contributed by atoms with Crippen molar-refractivity contribution in [2.24, 2.45) is 5.92 Å². The minimum atomic E-state index is -0.881. The molecule has 0 saturated carbocycles. The summed E-state index contributed by atoms with van der Waals surface area (Å²) in [6.45, 7) is 6.40. The van der Waals surface area contributed by atoms with Crippen LogP contribution in [0.4, 0.5) is 4.79 Å². The number of carboxylic acids is 1. The predicted molar refractivity (Wildman–Crippen MR) is 77.9 cm³/mol. The third kappa shape index (κ3) is 8.88. The van der Waals surface area contributed by atoms with Crippen molar-refractivity contribution in [2.45, 2.75) is 40.0 Å². The average molecular weight is 302 g/mol. The molecule has 0 aliphatic heterocycles. The fourth-order valence-corrected chi connectivity index (χ4v) is 1.84. The van der Waals surface area contributed by atoms with Gasteiger partial charge in [0.05, 0.1) is 6.61 Å². The molecule has 0 rings (SSSR count). The molecule has 0 aliphatic rings. The average Bonchev–Trinajstić information content (AvgIpc) is 2.42. The maximum Gasteiger partial charge on any atom is 0.325 e. The van der Waals surface area contributed by atoms with E-state index < -0.39 is 11.9 Å². The van der Waals surface area contributed by atoms with Crippen LogP contribution < -0.4 is 5.32 Å². The second kappa shape index (κ2) is 10.9. The molecule has 122 valence electrons. The molecule has 0 fully saturated rings. The maximum absolute atomic E-state index is 12.0. The second-order valence-electron chi connectivity index (χ2n) is 4.78. The first-order chi connectivity index (χ1) is 9.94. The smallest absolute Gasteiger partial charge is 0.325 e. The minimum absolute atomic E-state index is 0.0163. The molecule has 0 aromatic heterocycles. The summed E-state index contributed by atoms with van der Waals surface area (Å²) >= 11 is 0. The molecule has 2 amide bonds. The summed E-state index contributed by atoms with van der Waals surface area (Å²) in [6, 6.07) is -0.367. The third-order valence-electron chi connectivity index (χ3n) is 2.99. The van der Waals surface area contributed by atoms with Crippen molar-refractivity contribution in [3.05, 3.63) is 0 Å². The zero-order valence-electron chi connectivity index (χ0n) is 13.1. The molecule has 0 aromatic rings. The van der Waals surface area contributed by atoms with Crippen LogP contribution in [-0.2, 0) is 14.3 Å². The van der Waals surface area contributed by atoms with Crippen molar-refractivity contribution >= 4 is 18.0 Å². The standard InChI is InChI=1S/C14H26N2O5/c1-4-7-16(10-13(19)21-6-3)14(20)15-9-11(5-2)8-12(17)18/h11H,4-10H2,1-3H3,(H,15,20)(H,17,18). The van der Waals surface area contributed by atoms with Gasteiger partial charge in [-0.2, -0.15) is 0 Å². The second-order valence-corrected chi connectivity index (χ2v) is 4.78. The van der Waals surface area contributed by atoms with E-state index in [1.807, 2.05) is 13.8 Å². The van der Waals surface area contributed by atoms with E-state index in [0.717, 1.165) is 6.42 Å². The summed E-state index contributed by atoms with van der Waals surface area (Å²) in [7, 11) is 0. The van der Waals surface area contributed by atoms with Crippen LogP contribution >= 0.6 is 0 Å². The normalized spacial score (nSPS) is 11.6. The van der Waals surface area contributed by atoms with Crippen LogP contribution in [0.3, 0.4) is 0 Å². The van der Waals surface area contributed by atoms with Gasteiger partial charge in [0.25, 0.3) is 0 Å². The molecule has 0 saturated heterocycles. The highest BCUT2D eigenvalue weighted by atomic mass is 16.5. The Hall–Kier alpha value is -1.79. The summed E-state index contributed by atoms with van der Waals surface area (Å²) < 4.78 is 4.83. The zero-order chi connectivity index (χ0) is 16.3. The molecule has 1 unspecified atom stereocenters. The molecule has 0 heterocycles. The van der Waals surface area contributed by atoms with Gasteiger partial charge in [-0.3, -0.25) is 9.59 Å². The molecule has 0 spiro atoms. The van der Waals surface area contributed by atoms with Crippen molar-refractivity contribution in [3.8, 4) is 0 Å². The van der Waals surface area contributed by atoms with Crippen LogP contribution in [0.2, 0.25) is 0 Å². The highest BCUT2D eigenvalue weighted by Crippen LogP contribution is 2.07. The van der Waals surface area contributed by atoms with E-state index in [-0.39, 0.29) is 38.1 Å². The highest BCUT2D eigenvalue weighted by molar-refractivity contribution is 5.81. The van der Waals surface area contributed by atoms with Gasteiger partial charge in [-0.25, -0.2) is 4.79 Å². The van der Waals surface area contributed by atoms with E-state index in [4.69, 9.17) is 9.84 Å². The Balaban J connectivity index is 4.39. The number of carboxylic acid groups (broad SMARTS) is 1. The van der Waals surface area contributed by atoms with Gasteiger partial charge in [0.2, 0.25) is 0 Å². The van der Waals surface area contributed by atoms with Gasteiger partial charge in [-0.1, -0.05) is 20.3 Å². The fraction of sp³-hybridized carbons (Fsp3) is 0.786. The van der Waals surface area contributed by atoms with Gasteiger partial charge in [0.15, 0.2) is 0 Å². The fourth-order valence-electron chi connectivity index (χ4n) is 1.84. The van der Waals surface area contributed by atoms with Crippen molar-refractivity contribution < 1.29 is 24.2 Å². The molecular formula is C14H26N2O5. The lowest BCUT2D eigenvalue weighted by atomic mass is 10.0. The first-order valence-corrected chi connectivity index (χ1v) is 7.34. The Morgan fingerprint density at radius 3 is 2.38 bits per heavy atom. The maximum atomic E-state index is 12.0. The molecule has 7 heteroatoms. The largest absolute Gasteiger partial charge is 0.481 e. The van der Waals surface area contributed by atoms with E-state index in [0.29, 0.717) is 13.0 Å². The highest BCUT2D eigenvalue weighted by Gasteiger charge is 2.18. The lowest BCUT2D eigenvalue weighted by Gasteiger charge is -2.23. The lowest BCUT2D eigenvalue weighted by molar-refractivity contribution is -0.143. The summed E-state index contributed by atoms with van der Waals surface area (Å²) in [6.07, 6.45) is 1.40. The van der Waals surface area contributed by atoms with Gasteiger partial charge >= 0.3 is 18.0 Å². The molecule has 0 radical (unpaired) electrons. The number of ether oxygens (including phenoxy) is 1. The van der Waals surface area contributed by atoms with E-state index >= 15 is 0 Å². The number of aliphatic carboxylic acids is 1. The third-order valence-corrected chi connectivity index (χ3v) is 2.99. The molecule has 2 N–H and O–H groups in total. The number of carbonyl (C=O) groups is 3.